The Balaban J connectivity index is 1.36. The lowest BCUT2D eigenvalue weighted by Crippen LogP contribution is -2.12. The van der Waals surface area contributed by atoms with Crippen LogP contribution in [0.3, 0.4) is 0 Å². The zero-order valence-corrected chi connectivity index (χ0v) is 14.9. The normalized spacial score (nSPS) is 10.7. The maximum Gasteiger partial charge on any atom is 0.306 e. The number of esters is 1. The highest BCUT2D eigenvalue weighted by molar-refractivity contribution is 5.83. The lowest BCUT2D eigenvalue weighted by Gasteiger charge is -2.08. The molecule has 0 fully saturated rings. The summed E-state index contributed by atoms with van der Waals surface area (Å²) in [5.74, 6) is 1.32. The molecule has 3 rings (SSSR count). The van der Waals surface area contributed by atoms with E-state index >= 15 is 0 Å². The van der Waals surface area contributed by atoms with Crippen molar-refractivity contribution in [3.8, 4) is 11.5 Å². The van der Waals surface area contributed by atoms with Crippen LogP contribution < -0.4 is 9.47 Å². The molecular formula is C21H23NO4. The molecule has 0 atom stereocenters. The maximum absolute atomic E-state index is 11.9. The van der Waals surface area contributed by atoms with Crippen molar-refractivity contribution in [2.45, 2.75) is 19.8 Å². The predicted molar refractivity (Wildman–Crippen MR) is 101 cm³/mol. The molecule has 1 aromatic heterocycles. The summed E-state index contributed by atoms with van der Waals surface area (Å²) in [5.41, 5.74) is 2.21. The molecule has 0 aliphatic rings. The summed E-state index contributed by atoms with van der Waals surface area (Å²) in [6, 6.07) is 15.4. The van der Waals surface area contributed by atoms with E-state index in [9.17, 15) is 4.79 Å². The summed E-state index contributed by atoms with van der Waals surface area (Å²) < 4.78 is 16.2. The molecule has 0 bridgehead atoms. The van der Waals surface area contributed by atoms with Gasteiger partial charge in [-0.3, -0.25) is 4.79 Å². The van der Waals surface area contributed by atoms with Crippen LogP contribution in [0.2, 0.25) is 0 Å². The van der Waals surface area contributed by atoms with Gasteiger partial charge in [-0.25, -0.2) is 0 Å². The molecule has 3 aromatic rings. The number of carbonyl (C=O) groups excluding carboxylic acids is 1. The fourth-order valence-corrected chi connectivity index (χ4v) is 2.76. The Hall–Kier alpha value is -2.95. The van der Waals surface area contributed by atoms with Gasteiger partial charge < -0.3 is 19.2 Å². The highest BCUT2D eigenvalue weighted by atomic mass is 16.6. The van der Waals surface area contributed by atoms with Crippen molar-refractivity contribution in [1.29, 1.82) is 0 Å². The van der Waals surface area contributed by atoms with E-state index < -0.39 is 0 Å². The number of fused-ring (bicyclic) bond motifs is 1. The maximum atomic E-state index is 11.9. The number of para-hydroxylation sites is 1. The molecule has 0 unspecified atom stereocenters. The summed E-state index contributed by atoms with van der Waals surface area (Å²) in [4.78, 5) is 15.1. The van der Waals surface area contributed by atoms with Crippen molar-refractivity contribution in [2.75, 3.05) is 19.8 Å². The molecule has 5 heteroatoms. The first-order valence-corrected chi connectivity index (χ1v) is 8.82. The Morgan fingerprint density at radius 3 is 2.46 bits per heavy atom. The van der Waals surface area contributed by atoms with Crippen molar-refractivity contribution in [3.05, 3.63) is 60.3 Å². The lowest BCUT2D eigenvalue weighted by molar-refractivity contribution is -0.144. The van der Waals surface area contributed by atoms with Gasteiger partial charge in [-0.1, -0.05) is 18.2 Å². The first-order valence-electron chi connectivity index (χ1n) is 8.82. The van der Waals surface area contributed by atoms with Crippen LogP contribution in [0.4, 0.5) is 0 Å². The molecule has 1 heterocycles. The third-order valence-electron chi connectivity index (χ3n) is 4.02. The predicted octanol–water partition coefficient (Wildman–Crippen LogP) is 4.12. The third-order valence-corrected chi connectivity index (χ3v) is 4.02. The number of nitrogens with one attached hydrogen (secondary N) is 1. The average Bonchev–Trinajstić information content (AvgIpc) is 3.08. The van der Waals surface area contributed by atoms with Crippen molar-refractivity contribution in [2.24, 2.45) is 0 Å². The topological polar surface area (TPSA) is 60.6 Å². The number of hydrogen-bond donors (Lipinski definition) is 1. The number of aromatic nitrogens is 1. The second-order valence-electron chi connectivity index (χ2n) is 5.83. The summed E-state index contributed by atoms with van der Waals surface area (Å²) in [7, 11) is 0. The molecule has 0 saturated carbocycles. The number of rotatable bonds is 9. The lowest BCUT2D eigenvalue weighted by atomic mass is 10.1. The number of benzene rings is 2. The number of aromatic amines is 1. The van der Waals surface area contributed by atoms with Gasteiger partial charge in [0.15, 0.2) is 0 Å². The van der Waals surface area contributed by atoms with Gasteiger partial charge in [-0.15, -0.1) is 0 Å². The van der Waals surface area contributed by atoms with Gasteiger partial charge in [0.1, 0.15) is 24.7 Å². The molecule has 1 N–H and O–H groups in total. The quantitative estimate of drug-likeness (QED) is 0.464. The molecule has 0 radical (unpaired) electrons. The van der Waals surface area contributed by atoms with E-state index in [1.165, 1.54) is 0 Å². The van der Waals surface area contributed by atoms with Crippen molar-refractivity contribution < 1.29 is 19.0 Å². The molecule has 0 aliphatic carbocycles. The van der Waals surface area contributed by atoms with Crippen LogP contribution in [0, 0.1) is 0 Å². The van der Waals surface area contributed by atoms with E-state index in [1.807, 2.05) is 55.6 Å². The monoisotopic (exact) mass is 353 g/mol. The van der Waals surface area contributed by atoms with Gasteiger partial charge in [0, 0.05) is 23.5 Å². The Kier molecular flexibility index (Phi) is 6.14. The van der Waals surface area contributed by atoms with E-state index in [0.717, 1.165) is 28.0 Å². The van der Waals surface area contributed by atoms with E-state index in [1.54, 1.807) is 0 Å². The van der Waals surface area contributed by atoms with Crippen LogP contribution in [-0.4, -0.2) is 30.8 Å². The van der Waals surface area contributed by atoms with Crippen LogP contribution in [0.1, 0.15) is 18.9 Å². The van der Waals surface area contributed by atoms with E-state index in [2.05, 4.69) is 11.1 Å². The van der Waals surface area contributed by atoms with Crippen molar-refractivity contribution in [1.82, 2.24) is 4.98 Å². The molecule has 0 amide bonds. The number of H-pyrrole nitrogens is 1. The van der Waals surface area contributed by atoms with Gasteiger partial charge in [0.25, 0.3) is 0 Å². The van der Waals surface area contributed by atoms with Crippen LogP contribution in [0.25, 0.3) is 10.9 Å². The third kappa shape index (κ3) is 4.79. The summed E-state index contributed by atoms with van der Waals surface area (Å²) >= 11 is 0. The average molecular weight is 353 g/mol. The van der Waals surface area contributed by atoms with Crippen LogP contribution >= 0.6 is 0 Å². The molecule has 0 aliphatic heterocycles. The number of aryl methyl sites for hydroxylation is 1. The van der Waals surface area contributed by atoms with Crippen molar-refractivity contribution >= 4 is 16.9 Å². The van der Waals surface area contributed by atoms with Crippen LogP contribution in [-0.2, 0) is 16.0 Å². The minimum absolute atomic E-state index is 0.217. The fourth-order valence-electron chi connectivity index (χ4n) is 2.76. The Morgan fingerprint density at radius 1 is 0.962 bits per heavy atom. The molecule has 26 heavy (non-hydrogen) atoms. The molecule has 5 nitrogen and oxygen atoms in total. The van der Waals surface area contributed by atoms with Gasteiger partial charge in [0.2, 0.25) is 0 Å². The Morgan fingerprint density at radius 2 is 1.69 bits per heavy atom. The molecule has 0 spiro atoms. The first-order chi connectivity index (χ1) is 12.8. The van der Waals surface area contributed by atoms with Crippen LogP contribution in [0.15, 0.2) is 54.7 Å². The minimum atomic E-state index is -0.217. The van der Waals surface area contributed by atoms with E-state index in [0.29, 0.717) is 26.1 Å². The number of hydrogen-bond acceptors (Lipinski definition) is 4. The molecule has 136 valence electrons. The summed E-state index contributed by atoms with van der Waals surface area (Å²) in [6.45, 7) is 3.14. The summed E-state index contributed by atoms with van der Waals surface area (Å²) in [6.07, 6.45) is 2.96. The first kappa shape index (κ1) is 17.9. The fraction of sp³-hybridized carbons (Fsp3) is 0.286. The molecule has 0 saturated heterocycles. The van der Waals surface area contributed by atoms with E-state index in [-0.39, 0.29) is 12.6 Å². The highest BCUT2D eigenvalue weighted by Gasteiger charge is 2.07. The van der Waals surface area contributed by atoms with E-state index in [4.69, 9.17) is 14.2 Å². The molecular weight excluding hydrogens is 330 g/mol. The largest absolute Gasteiger partial charge is 0.494 e. The second-order valence-corrected chi connectivity index (χ2v) is 5.83. The van der Waals surface area contributed by atoms with Crippen LogP contribution in [0.5, 0.6) is 11.5 Å². The standard InChI is InChI=1S/C21H23NO4/c1-2-24-17-8-10-18(11-9-17)25-13-14-26-21(23)12-7-16-15-22-20-6-4-3-5-19(16)20/h3-6,8-11,15,22H,2,7,12-14H2,1H3. The SMILES string of the molecule is CCOc1ccc(OCCOC(=O)CCc2c[nH]c3ccccc23)cc1. The second kappa shape index (κ2) is 8.94. The zero-order valence-electron chi connectivity index (χ0n) is 14.9. The Labute approximate surface area is 152 Å². The van der Waals surface area contributed by atoms with Gasteiger partial charge in [-0.05, 0) is 49.2 Å². The summed E-state index contributed by atoms with van der Waals surface area (Å²) in [5, 5.41) is 1.15. The number of carbonyl (C=O) groups is 1. The Bertz CT molecular complexity index is 839. The van der Waals surface area contributed by atoms with Gasteiger partial charge in [-0.2, -0.15) is 0 Å². The highest BCUT2D eigenvalue weighted by Crippen LogP contribution is 2.19. The zero-order chi connectivity index (χ0) is 18.2. The molecule has 2 aromatic carbocycles. The van der Waals surface area contributed by atoms with Crippen molar-refractivity contribution in [3.63, 3.8) is 0 Å². The number of ether oxygens (including phenoxy) is 3. The van der Waals surface area contributed by atoms with Gasteiger partial charge >= 0.3 is 5.97 Å². The minimum Gasteiger partial charge on any atom is -0.494 e. The smallest absolute Gasteiger partial charge is 0.306 e. The van der Waals surface area contributed by atoms with Gasteiger partial charge in [0.05, 0.1) is 6.61 Å².